The lowest BCUT2D eigenvalue weighted by atomic mass is 10.1. The first kappa shape index (κ1) is 26.7. The van der Waals surface area contributed by atoms with Gasteiger partial charge in [-0.2, -0.15) is 0 Å². The van der Waals surface area contributed by atoms with E-state index in [2.05, 4.69) is 5.32 Å². The lowest BCUT2D eigenvalue weighted by molar-refractivity contribution is -0.119. The van der Waals surface area contributed by atoms with Gasteiger partial charge in [-0.25, -0.2) is 8.42 Å². The van der Waals surface area contributed by atoms with Crippen LogP contribution in [-0.2, 0) is 21.4 Å². The van der Waals surface area contributed by atoms with Crippen molar-refractivity contribution in [2.75, 3.05) is 39.3 Å². The molecule has 9 nitrogen and oxygen atoms in total. The van der Waals surface area contributed by atoms with Crippen LogP contribution in [0.4, 0.5) is 5.69 Å². The van der Waals surface area contributed by atoms with Gasteiger partial charge in [0.15, 0.2) is 11.5 Å². The number of rotatable bonds is 11. The van der Waals surface area contributed by atoms with Gasteiger partial charge in [0.1, 0.15) is 12.3 Å². The third kappa shape index (κ3) is 5.83. The highest BCUT2D eigenvalue weighted by molar-refractivity contribution is 7.92. The molecule has 36 heavy (non-hydrogen) atoms. The Labute approximate surface area is 211 Å². The number of hydrogen-bond acceptors (Lipinski definition) is 7. The monoisotopic (exact) mass is 514 g/mol. The van der Waals surface area contributed by atoms with E-state index in [4.69, 9.17) is 18.9 Å². The molecular weight excluding hydrogens is 484 g/mol. The Morgan fingerprint density at radius 2 is 1.44 bits per heavy atom. The van der Waals surface area contributed by atoms with Crippen molar-refractivity contribution in [2.24, 2.45) is 0 Å². The number of nitrogens with one attached hydrogen (secondary N) is 1. The maximum Gasteiger partial charge on any atom is 0.264 e. The second-order valence-electron chi connectivity index (χ2n) is 7.79. The fourth-order valence-electron chi connectivity index (χ4n) is 3.58. The number of aryl methyl sites for hydroxylation is 1. The minimum absolute atomic E-state index is 0.0817. The molecule has 0 aliphatic carbocycles. The molecular formula is C26H30N2O7S. The van der Waals surface area contributed by atoms with Crippen LogP contribution in [-0.4, -0.2) is 49.3 Å². The van der Waals surface area contributed by atoms with Crippen LogP contribution in [0.1, 0.15) is 11.1 Å². The zero-order valence-electron chi connectivity index (χ0n) is 20.9. The standard InChI is InChI=1S/C26H30N2O7S/c1-18-6-13-22(14-7-18)36(30,31)28(20-9-11-21(32-2)12-10-20)17-24(29)27-16-19-8-15-23(33-3)26(35-5)25(19)34-4/h6-15H,16-17H2,1-5H3,(H,27,29). The van der Waals surface area contributed by atoms with Gasteiger partial charge in [-0.1, -0.05) is 17.7 Å². The average molecular weight is 515 g/mol. The molecule has 0 bridgehead atoms. The van der Waals surface area contributed by atoms with Crippen molar-refractivity contribution in [3.63, 3.8) is 0 Å². The first-order chi connectivity index (χ1) is 17.2. The Balaban J connectivity index is 1.88. The molecule has 1 N–H and O–H groups in total. The van der Waals surface area contributed by atoms with E-state index >= 15 is 0 Å². The summed E-state index contributed by atoms with van der Waals surface area (Å²) in [6.07, 6.45) is 0. The van der Waals surface area contributed by atoms with Crippen molar-refractivity contribution in [3.05, 3.63) is 71.8 Å². The first-order valence-corrected chi connectivity index (χ1v) is 12.5. The fourth-order valence-corrected chi connectivity index (χ4v) is 5.00. The van der Waals surface area contributed by atoms with Gasteiger partial charge in [0.2, 0.25) is 11.7 Å². The number of sulfonamides is 1. The second-order valence-corrected chi connectivity index (χ2v) is 9.66. The van der Waals surface area contributed by atoms with E-state index in [1.54, 1.807) is 48.5 Å². The van der Waals surface area contributed by atoms with Crippen LogP contribution in [0.2, 0.25) is 0 Å². The molecule has 0 aliphatic heterocycles. The number of ether oxygens (including phenoxy) is 4. The normalized spacial score (nSPS) is 10.9. The predicted octanol–water partition coefficient (Wildman–Crippen LogP) is 3.54. The van der Waals surface area contributed by atoms with Gasteiger partial charge < -0.3 is 24.3 Å². The summed E-state index contributed by atoms with van der Waals surface area (Å²) in [5.41, 5.74) is 1.89. The lowest BCUT2D eigenvalue weighted by Crippen LogP contribution is -2.40. The van der Waals surface area contributed by atoms with Crippen LogP contribution in [0.3, 0.4) is 0 Å². The van der Waals surface area contributed by atoms with Gasteiger partial charge in [0.25, 0.3) is 10.0 Å². The third-order valence-electron chi connectivity index (χ3n) is 5.52. The van der Waals surface area contributed by atoms with Crippen molar-refractivity contribution in [1.82, 2.24) is 5.32 Å². The summed E-state index contributed by atoms with van der Waals surface area (Å²) in [5.74, 6) is 1.36. The number of amides is 1. The second kappa shape index (κ2) is 11.7. The molecule has 0 fully saturated rings. The summed E-state index contributed by atoms with van der Waals surface area (Å²) < 4.78 is 49.4. The van der Waals surface area contributed by atoms with Crippen molar-refractivity contribution < 1.29 is 32.2 Å². The van der Waals surface area contributed by atoms with Gasteiger partial charge in [0, 0.05) is 12.1 Å². The summed E-state index contributed by atoms with van der Waals surface area (Å²) in [7, 11) is 1.98. The van der Waals surface area contributed by atoms with Crippen LogP contribution in [0.15, 0.2) is 65.6 Å². The number of carbonyl (C=O) groups is 1. The number of benzene rings is 3. The Morgan fingerprint density at radius 1 is 0.806 bits per heavy atom. The molecule has 0 aliphatic rings. The summed E-state index contributed by atoms with van der Waals surface area (Å²) in [6, 6.07) is 16.4. The van der Waals surface area contributed by atoms with E-state index in [1.165, 1.54) is 40.6 Å². The summed E-state index contributed by atoms with van der Waals surface area (Å²) in [6.45, 7) is 1.52. The molecule has 1 amide bonds. The molecule has 192 valence electrons. The quantitative estimate of drug-likeness (QED) is 0.417. The Bertz CT molecular complexity index is 1290. The number of methoxy groups -OCH3 is 4. The molecule has 3 aromatic carbocycles. The highest BCUT2D eigenvalue weighted by Gasteiger charge is 2.27. The molecule has 3 rings (SSSR count). The van der Waals surface area contributed by atoms with Gasteiger partial charge in [-0.3, -0.25) is 9.10 Å². The Morgan fingerprint density at radius 3 is 2.00 bits per heavy atom. The zero-order valence-corrected chi connectivity index (χ0v) is 21.7. The van der Waals surface area contributed by atoms with Crippen LogP contribution in [0.25, 0.3) is 0 Å². The number of anilines is 1. The third-order valence-corrected chi connectivity index (χ3v) is 7.31. The van der Waals surface area contributed by atoms with E-state index in [9.17, 15) is 13.2 Å². The molecule has 0 saturated heterocycles. The minimum Gasteiger partial charge on any atom is -0.497 e. The highest BCUT2D eigenvalue weighted by Crippen LogP contribution is 2.39. The van der Waals surface area contributed by atoms with Crippen molar-refractivity contribution in [3.8, 4) is 23.0 Å². The number of nitrogens with zero attached hydrogens (tertiary/aromatic N) is 1. The van der Waals surface area contributed by atoms with Gasteiger partial charge in [0.05, 0.1) is 39.0 Å². The van der Waals surface area contributed by atoms with Crippen LogP contribution in [0.5, 0.6) is 23.0 Å². The van der Waals surface area contributed by atoms with Gasteiger partial charge in [-0.05, 0) is 55.5 Å². The van der Waals surface area contributed by atoms with E-state index in [0.29, 0.717) is 34.2 Å². The largest absolute Gasteiger partial charge is 0.497 e. The zero-order chi connectivity index (χ0) is 26.3. The molecule has 0 aromatic heterocycles. The summed E-state index contributed by atoms with van der Waals surface area (Å²) in [5, 5.41) is 2.77. The molecule has 0 unspecified atom stereocenters. The van der Waals surface area contributed by atoms with E-state index in [-0.39, 0.29) is 11.4 Å². The molecule has 0 saturated carbocycles. The maximum absolute atomic E-state index is 13.5. The van der Waals surface area contributed by atoms with E-state index in [1.807, 2.05) is 6.92 Å². The Kier molecular flexibility index (Phi) is 8.65. The predicted molar refractivity (Wildman–Crippen MR) is 137 cm³/mol. The Hall–Kier alpha value is -3.92. The van der Waals surface area contributed by atoms with Crippen molar-refractivity contribution in [2.45, 2.75) is 18.4 Å². The minimum atomic E-state index is -4.03. The molecule has 0 radical (unpaired) electrons. The number of carbonyl (C=O) groups excluding carboxylic acids is 1. The van der Waals surface area contributed by atoms with Crippen LogP contribution in [0, 0.1) is 6.92 Å². The lowest BCUT2D eigenvalue weighted by Gasteiger charge is -2.24. The van der Waals surface area contributed by atoms with Crippen LogP contribution >= 0.6 is 0 Å². The van der Waals surface area contributed by atoms with Crippen LogP contribution < -0.4 is 28.6 Å². The molecule has 3 aromatic rings. The first-order valence-electron chi connectivity index (χ1n) is 11.0. The molecule has 10 heteroatoms. The maximum atomic E-state index is 13.5. The molecule has 0 heterocycles. The summed E-state index contributed by atoms with van der Waals surface area (Å²) >= 11 is 0. The average Bonchev–Trinajstić information content (AvgIpc) is 2.90. The van der Waals surface area contributed by atoms with Crippen molar-refractivity contribution in [1.29, 1.82) is 0 Å². The molecule has 0 spiro atoms. The summed E-state index contributed by atoms with van der Waals surface area (Å²) in [4.78, 5) is 13.1. The smallest absolute Gasteiger partial charge is 0.264 e. The fraction of sp³-hybridized carbons (Fsp3) is 0.269. The van der Waals surface area contributed by atoms with E-state index < -0.39 is 22.5 Å². The van der Waals surface area contributed by atoms with E-state index in [0.717, 1.165) is 9.87 Å². The molecule has 0 atom stereocenters. The van der Waals surface area contributed by atoms with Gasteiger partial charge in [-0.15, -0.1) is 0 Å². The topological polar surface area (TPSA) is 103 Å². The SMILES string of the molecule is COc1ccc(N(CC(=O)NCc2ccc(OC)c(OC)c2OC)S(=O)(=O)c2ccc(C)cc2)cc1. The number of hydrogen-bond donors (Lipinski definition) is 1. The van der Waals surface area contributed by atoms with Crippen molar-refractivity contribution >= 4 is 21.6 Å². The highest BCUT2D eigenvalue weighted by atomic mass is 32.2. The van der Waals surface area contributed by atoms with Gasteiger partial charge >= 0.3 is 0 Å².